The largest absolute Gasteiger partial charge is 0.477 e. The van der Waals surface area contributed by atoms with E-state index in [9.17, 15) is 19.5 Å². The molecular formula is C64H118NO8+. The van der Waals surface area contributed by atoms with Gasteiger partial charge in [0.05, 0.1) is 34.4 Å². The molecule has 0 aliphatic heterocycles. The highest BCUT2D eigenvalue weighted by Crippen LogP contribution is 2.17. The number of hydrogen-bond donors (Lipinski definition) is 1. The third-order valence-electron chi connectivity index (χ3n) is 13.6. The number of rotatable bonds is 57. The molecule has 0 bridgehead atoms. The summed E-state index contributed by atoms with van der Waals surface area (Å²) in [6.45, 7) is 4.87. The Hall–Kier alpha value is -2.75. The number of nitrogens with zero attached hydrogens (tertiary/aromatic N) is 1. The number of carbonyl (C=O) groups is 3. The van der Waals surface area contributed by atoms with Crippen molar-refractivity contribution in [1.82, 2.24) is 0 Å². The Kier molecular flexibility index (Phi) is 53.4. The molecule has 1 N–H and O–H groups in total. The lowest BCUT2D eigenvalue weighted by molar-refractivity contribution is -0.870. The minimum Gasteiger partial charge on any atom is -0.477 e. The molecule has 0 amide bonds. The van der Waals surface area contributed by atoms with Gasteiger partial charge < -0.3 is 28.5 Å². The van der Waals surface area contributed by atoms with Gasteiger partial charge in [0.15, 0.2) is 6.10 Å². The number of ether oxygens (including phenoxy) is 4. The van der Waals surface area contributed by atoms with E-state index in [1.165, 1.54) is 193 Å². The summed E-state index contributed by atoms with van der Waals surface area (Å²) >= 11 is 0. The topological polar surface area (TPSA) is 108 Å². The van der Waals surface area contributed by atoms with Crippen LogP contribution in [0, 0.1) is 0 Å². The van der Waals surface area contributed by atoms with Crippen molar-refractivity contribution in [3.63, 3.8) is 0 Å². The van der Waals surface area contributed by atoms with E-state index in [1.807, 2.05) is 21.1 Å². The zero-order chi connectivity index (χ0) is 53.4. The monoisotopic (exact) mass is 1030 g/mol. The Morgan fingerprint density at radius 1 is 0.411 bits per heavy atom. The van der Waals surface area contributed by atoms with Gasteiger partial charge in [-0.25, -0.2) is 4.79 Å². The molecule has 0 aliphatic carbocycles. The van der Waals surface area contributed by atoms with Crippen LogP contribution in [-0.4, -0.2) is 87.4 Å². The van der Waals surface area contributed by atoms with Gasteiger partial charge in [-0.3, -0.25) is 9.59 Å². The average Bonchev–Trinajstić information content (AvgIpc) is 3.36. The van der Waals surface area contributed by atoms with Crippen molar-refractivity contribution in [2.24, 2.45) is 0 Å². The second-order valence-corrected chi connectivity index (χ2v) is 22.0. The molecule has 9 nitrogen and oxygen atoms in total. The van der Waals surface area contributed by atoms with Gasteiger partial charge in [-0.05, 0) is 77.0 Å². The highest BCUT2D eigenvalue weighted by atomic mass is 16.7. The van der Waals surface area contributed by atoms with E-state index < -0.39 is 24.3 Å². The number of unbranched alkanes of at least 4 members (excludes halogenated alkanes) is 34. The molecule has 0 aromatic carbocycles. The minimum atomic E-state index is -1.51. The molecule has 73 heavy (non-hydrogen) atoms. The molecule has 2 unspecified atom stereocenters. The SMILES string of the molecule is CCCCC/C=C\C/C=C\C/C=C\CCCCCCCCC(=O)OC(COC(=O)CCCCCCCCCCCCCCCCCCC/C=C\CCCCCCCCCC)COC(OCC[N+](C)(C)C)C(=O)O. The first-order valence-corrected chi connectivity index (χ1v) is 30.8. The number of quaternary nitrogens is 1. The van der Waals surface area contributed by atoms with Crippen LogP contribution in [0.25, 0.3) is 0 Å². The Bertz CT molecular complexity index is 1340. The average molecular weight is 1030 g/mol. The molecule has 9 heteroatoms. The summed E-state index contributed by atoms with van der Waals surface area (Å²) in [7, 11) is 5.97. The van der Waals surface area contributed by atoms with Crippen LogP contribution in [0.4, 0.5) is 0 Å². The Labute approximate surface area is 451 Å². The van der Waals surface area contributed by atoms with Crippen molar-refractivity contribution in [2.45, 2.75) is 296 Å². The zero-order valence-corrected chi connectivity index (χ0v) is 48.6. The molecule has 0 saturated heterocycles. The van der Waals surface area contributed by atoms with Crippen molar-refractivity contribution >= 4 is 17.9 Å². The maximum Gasteiger partial charge on any atom is 0.361 e. The predicted octanol–water partition coefficient (Wildman–Crippen LogP) is 18.2. The van der Waals surface area contributed by atoms with Crippen LogP contribution >= 0.6 is 0 Å². The predicted molar refractivity (Wildman–Crippen MR) is 309 cm³/mol. The van der Waals surface area contributed by atoms with Crippen molar-refractivity contribution in [1.29, 1.82) is 0 Å². The van der Waals surface area contributed by atoms with Crippen molar-refractivity contribution in [2.75, 3.05) is 47.5 Å². The lowest BCUT2D eigenvalue weighted by atomic mass is 10.0. The van der Waals surface area contributed by atoms with Crippen LogP contribution < -0.4 is 0 Å². The van der Waals surface area contributed by atoms with Crippen molar-refractivity contribution in [3.05, 3.63) is 48.6 Å². The maximum absolute atomic E-state index is 12.9. The number of likely N-dealkylation sites (N-methyl/N-ethyl adjacent to an activating group) is 1. The first-order valence-electron chi connectivity index (χ1n) is 30.8. The van der Waals surface area contributed by atoms with Crippen molar-refractivity contribution in [3.8, 4) is 0 Å². The summed E-state index contributed by atoms with van der Waals surface area (Å²) in [5.41, 5.74) is 0. The number of allylic oxidation sites excluding steroid dienone is 8. The number of carbonyl (C=O) groups excluding carboxylic acids is 2. The van der Waals surface area contributed by atoms with Crippen LogP contribution in [0.1, 0.15) is 284 Å². The molecular weight excluding hydrogens is 911 g/mol. The summed E-state index contributed by atoms with van der Waals surface area (Å²) in [6.07, 6.45) is 66.3. The van der Waals surface area contributed by atoms with Crippen LogP contribution in [0.2, 0.25) is 0 Å². The summed E-state index contributed by atoms with van der Waals surface area (Å²) in [5, 5.41) is 9.71. The van der Waals surface area contributed by atoms with E-state index in [1.54, 1.807) is 0 Å². The van der Waals surface area contributed by atoms with Gasteiger partial charge >= 0.3 is 17.9 Å². The molecule has 2 atom stereocenters. The molecule has 0 spiro atoms. The van der Waals surface area contributed by atoms with Gasteiger partial charge in [0, 0.05) is 12.8 Å². The van der Waals surface area contributed by atoms with Crippen LogP contribution in [0.15, 0.2) is 48.6 Å². The second kappa shape index (κ2) is 55.5. The van der Waals surface area contributed by atoms with E-state index in [4.69, 9.17) is 18.9 Å². The lowest BCUT2D eigenvalue weighted by Gasteiger charge is -2.25. The molecule has 0 heterocycles. The maximum atomic E-state index is 12.9. The van der Waals surface area contributed by atoms with Gasteiger partial charge in [0.25, 0.3) is 6.29 Å². The van der Waals surface area contributed by atoms with E-state index >= 15 is 0 Å². The first-order chi connectivity index (χ1) is 35.6. The molecule has 0 aliphatic rings. The number of carboxylic acid groups (broad SMARTS) is 1. The number of carboxylic acids is 1. The van der Waals surface area contributed by atoms with Crippen LogP contribution in [-0.2, 0) is 33.3 Å². The molecule has 426 valence electrons. The van der Waals surface area contributed by atoms with E-state index in [2.05, 4.69) is 62.5 Å². The highest BCUT2D eigenvalue weighted by molar-refractivity contribution is 5.71. The number of hydrogen-bond acceptors (Lipinski definition) is 7. The summed E-state index contributed by atoms with van der Waals surface area (Å²) in [4.78, 5) is 37.5. The van der Waals surface area contributed by atoms with Crippen molar-refractivity contribution < 1.29 is 42.9 Å². The quantitative estimate of drug-likeness (QED) is 0.0211. The standard InChI is InChI=1S/C64H117NO8/c1-6-8-10-12-14-16-18-20-22-24-26-27-28-29-30-31-32-33-34-35-37-38-40-42-44-46-48-50-52-54-61(66)71-58-60(59-72-64(63(68)69)70-57-56-65(3,4)5)73-62(67)55-53-51-49-47-45-43-41-39-36-25-23-21-19-17-15-13-11-9-7-2/h15,17,21,23-24,26,36,39,60,64H,6-14,16,18-20,22,25,27-35,37-38,40-59H2,1-5H3/p+1/b17-15-,23-21-,26-24-,39-36-. The van der Waals surface area contributed by atoms with E-state index in [0.717, 1.165) is 57.8 Å². The number of esters is 2. The Balaban J connectivity index is 4.15. The number of aliphatic carboxylic acids is 1. The Morgan fingerprint density at radius 3 is 1.14 bits per heavy atom. The Morgan fingerprint density at radius 2 is 0.740 bits per heavy atom. The van der Waals surface area contributed by atoms with Gasteiger partial charge in [-0.1, -0.05) is 242 Å². The fraction of sp³-hybridized carbons (Fsp3) is 0.828. The van der Waals surface area contributed by atoms with Crippen LogP contribution in [0.3, 0.4) is 0 Å². The zero-order valence-electron chi connectivity index (χ0n) is 48.6. The molecule has 0 radical (unpaired) electrons. The third kappa shape index (κ3) is 56.8. The van der Waals surface area contributed by atoms with Gasteiger partial charge in [-0.15, -0.1) is 0 Å². The molecule has 0 saturated carbocycles. The highest BCUT2D eigenvalue weighted by Gasteiger charge is 2.25. The fourth-order valence-electron chi connectivity index (χ4n) is 8.78. The fourth-order valence-corrected chi connectivity index (χ4v) is 8.78. The van der Waals surface area contributed by atoms with Gasteiger partial charge in [-0.2, -0.15) is 0 Å². The molecule has 0 aromatic heterocycles. The molecule has 0 rings (SSSR count). The smallest absolute Gasteiger partial charge is 0.361 e. The molecule has 0 fully saturated rings. The second-order valence-electron chi connectivity index (χ2n) is 22.0. The van der Waals surface area contributed by atoms with Gasteiger partial charge in [0.2, 0.25) is 0 Å². The first kappa shape index (κ1) is 70.2. The minimum absolute atomic E-state index is 0.185. The van der Waals surface area contributed by atoms with E-state index in [-0.39, 0.29) is 32.2 Å². The summed E-state index contributed by atoms with van der Waals surface area (Å²) in [6, 6.07) is 0. The van der Waals surface area contributed by atoms with Crippen LogP contribution in [0.5, 0.6) is 0 Å². The lowest BCUT2D eigenvalue weighted by Crippen LogP contribution is -2.40. The van der Waals surface area contributed by atoms with E-state index in [0.29, 0.717) is 23.9 Å². The van der Waals surface area contributed by atoms with Gasteiger partial charge in [0.1, 0.15) is 13.2 Å². The summed E-state index contributed by atoms with van der Waals surface area (Å²) < 4.78 is 22.9. The normalized spacial score (nSPS) is 13.1. The molecule has 0 aromatic rings. The summed E-state index contributed by atoms with van der Waals surface area (Å²) in [5.74, 6) is -2.01. The third-order valence-corrected chi connectivity index (χ3v) is 13.6.